The number of benzene rings is 2. The second kappa shape index (κ2) is 12.9. The predicted octanol–water partition coefficient (Wildman–Crippen LogP) is 9.06. The molecule has 5 nitrogen and oxygen atoms in total. The zero-order chi connectivity index (χ0) is 26.9. The van der Waals surface area contributed by atoms with Gasteiger partial charge in [0.15, 0.2) is 5.75 Å². The molecule has 1 saturated heterocycles. The van der Waals surface area contributed by atoms with Crippen LogP contribution in [0, 0.1) is 14.3 Å². The Hall–Kier alpha value is 0.607. The quantitative estimate of drug-likeness (QED) is 0.139. The number of epoxide rings is 1. The first-order valence-electron chi connectivity index (χ1n) is 11.9. The van der Waals surface area contributed by atoms with E-state index in [1.807, 2.05) is 24.3 Å². The maximum absolute atomic E-state index is 12.8. The summed E-state index contributed by atoms with van der Waals surface area (Å²) in [5.41, 5.74) is 1.41. The molecule has 36 heavy (non-hydrogen) atoms. The van der Waals surface area contributed by atoms with Crippen molar-refractivity contribution in [1.82, 2.24) is 0 Å². The molecule has 1 aliphatic rings. The molecule has 0 spiro atoms. The third kappa shape index (κ3) is 6.66. The van der Waals surface area contributed by atoms with Crippen LogP contribution in [0.15, 0.2) is 24.3 Å². The van der Waals surface area contributed by atoms with Crippen LogP contribution in [0.5, 0.6) is 17.2 Å². The molecule has 3 rings (SSSR count). The van der Waals surface area contributed by atoms with Crippen molar-refractivity contribution in [3.05, 3.63) is 44.1 Å². The van der Waals surface area contributed by atoms with Crippen LogP contribution in [0.2, 0.25) is 16.6 Å². The predicted molar refractivity (Wildman–Crippen MR) is 180 cm³/mol. The van der Waals surface area contributed by atoms with Gasteiger partial charge in [0.2, 0.25) is 0 Å². The van der Waals surface area contributed by atoms with E-state index in [1.165, 1.54) is 0 Å². The Morgan fingerprint density at radius 3 is 1.75 bits per heavy atom. The minimum atomic E-state index is -2.30. The van der Waals surface area contributed by atoms with Gasteiger partial charge in [-0.05, 0) is 137 Å². The van der Waals surface area contributed by atoms with Gasteiger partial charge in [-0.2, -0.15) is 0 Å². The second-order valence-electron chi connectivity index (χ2n) is 10.1. The Bertz CT molecular complexity index is 1050. The molecule has 0 bridgehead atoms. The maximum Gasteiger partial charge on any atom is 0.308 e. The van der Waals surface area contributed by atoms with Gasteiger partial charge in [-0.3, -0.25) is 4.79 Å². The molecule has 1 aliphatic heterocycles. The number of hydrogen-bond acceptors (Lipinski definition) is 4. The Morgan fingerprint density at radius 1 is 0.917 bits per heavy atom. The third-order valence-electron chi connectivity index (χ3n) is 7.11. The van der Waals surface area contributed by atoms with Crippen LogP contribution in [0.4, 0.5) is 0 Å². The highest BCUT2D eigenvalue weighted by Gasteiger charge is 2.53. The molecule has 1 heterocycles. The van der Waals surface area contributed by atoms with E-state index in [0.717, 1.165) is 43.7 Å². The molecule has 1 fully saturated rings. The first kappa shape index (κ1) is 31.1. The summed E-state index contributed by atoms with van der Waals surface area (Å²) in [5, 5.41) is 10.5. The van der Waals surface area contributed by atoms with Crippen LogP contribution in [0.1, 0.15) is 52.6 Å². The Balaban J connectivity index is 1.98. The van der Waals surface area contributed by atoms with Gasteiger partial charge in [0.1, 0.15) is 24.2 Å². The van der Waals surface area contributed by atoms with Crippen LogP contribution in [-0.2, 0) is 9.53 Å². The van der Waals surface area contributed by atoms with Gasteiger partial charge in [-0.1, -0.05) is 41.5 Å². The zero-order valence-electron chi connectivity index (χ0n) is 21.2. The van der Waals surface area contributed by atoms with Crippen molar-refractivity contribution < 1.29 is 24.1 Å². The fourth-order valence-electron chi connectivity index (χ4n) is 5.68. The minimum Gasteiger partial charge on any atom is -0.489 e. The lowest BCUT2D eigenvalue weighted by Gasteiger charge is -2.47. The fourth-order valence-corrected chi connectivity index (χ4v) is 16.9. The normalized spacial score (nSPS) is 16.5. The number of ether oxygens (including phenoxy) is 3. The van der Waals surface area contributed by atoms with Crippen LogP contribution < -0.4 is 9.47 Å². The number of rotatable bonds is 11. The van der Waals surface area contributed by atoms with Crippen molar-refractivity contribution in [2.75, 3.05) is 13.2 Å². The average Bonchev–Trinajstić information content (AvgIpc) is 3.57. The van der Waals surface area contributed by atoms with Gasteiger partial charge in [0, 0.05) is 0 Å². The second-order valence-corrected chi connectivity index (χ2v) is 20.8. The summed E-state index contributed by atoms with van der Waals surface area (Å²) in [6.45, 7) is 14.6. The van der Waals surface area contributed by atoms with Crippen molar-refractivity contribution >= 4 is 104 Å². The molecular formula is C26H32I4O5Si. The molecule has 2 aromatic rings. The van der Waals surface area contributed by atoms with E-state index in [-0.39, 0.29) is 6.10 Å². The van der Waals surface area contributed by atoms with E-state index in [2.05, 4.69) is 132 Å². The fraction of sp³-hybridized carbons (Fsp3) is 0.500. The molecular weight excluding hydrogens is 928 g/mol. The van der Waals surface area contributed by atoms with Crippen molar-refractivity contribution in [2.24, 2.45) is 0 Å². The summed E-state index contributed by atoms with van der Waals surface area (Å²) >= 11 is 9.10. The van der Waals surface area contributed by atoms with Crippen LogP contribution in [0.3, 0.4) is 0 Å². The van der Waals surface area contributed by atoms with E-state index in [0.29, 0.717) is 23.2 Å². The molecule has 0 amide bonds. The molecule has 198 valence electrons. The van der Waals surface area contributed by atoms with Gasteiger partial charge in [-0.25, -0.2) is 0 Å². The Morgan fingerprint density at radius 2 is 1.36 bits per heavy atom. The molecule has 0 radical (unpaired) electrons. The van der Waals surface area contributed by atoms with E-state index >= 15 is 0 Å². The van der Waals surface area contributed by atoms with Crippen molar-refractivity contribution in [3.63, 3.8) is 0 Å². The molecule has 2 unspecified atom stereocenters. The summed E-state index contributed by atoms with van der Waals surface area (Å²) < 4.78 is 21.4. The Kier molecular flexibility index (Phi) is 11.1. The van der Waals surface area contributed by atoms with E-state index < -0.39 is 19.6 Å². The molecule has 2 atom stereocenters. The van der Waals surface area contributed by atoms with Crippen molar-refractivity contribution in [1.29, 1.82) is 0 Å². The van der Waals surface area contributed by atoms with Gasteiger partial charge in [0.05, 0.1) is 34.5 Å². The standard InChI is InChI=1S/C26H32I4O5Si/c1-13(2)36(14(3)4,15(5)6)25(26(31)32)16-7-19(27)24(20(28)8-16)35-17-9-21(29)23(22(30)10-17)34-12-18-11-33-18/h7-10,13-15,18,25H,11-12H2,1-6H3,(H,31,32). The molecule has 10 heteroatoms. The lowest BCUT2D eigenvalue weighted by Crippen LogP contribution is -2.53. The average molecular weight is 960 g/mol. The summed E-state index contributed by atoms with van der Waals surface area (Å²) in [6.07, 6.45) is 0.202. The van der Waals surface area contributed by atoms with Crippen LogP contribution in [-0.4, -0.2) is 38.5 Å². The van der Waals surface area contributed by atoms with E-state index in [1.54, 1.807) is 0 Å². The molecule has 0 aliphatic carbocycles. The number of halogens is 4. The molecule has 0 saturated carbocycles. The largest absolute Gasteiger partial charge is 0.489 e. The van der Waals surface area contributed by atoms with E-state index in [4.69, 9.17) is 14.2 Å². The summed E-state index contributed by atoms with van der Waals surface area (Å²) in [5.74, 6) is 1.61. The number of carboxylic acids is 1. The number of aliphatic carboxylic acids is 1. The van der Waals surface area contributed by atoms with Gasteiger partial charge >= 0.3 is 5.97 Å². The summed E-state index contributed by atoms with van der Waals surface area (Å²) in [4.78, 5) is 12.8. The van der Waals surface area contributed by atoms with Crippen molar-refractivity contribution in [3.8, 4) is 17.2 Å². The number of carboxylic acid groups (broad SMARTS) is 1. The minimum absolute atomic E-state index is 0.202. The lowest BCUT2D eigenvalue weighted by atomic mass is 10.1. The van der Waals surface area contributed by atoms with Crippen molar-refractivity contribution in [2.45, 2.75) is 69.8 Å². The number of carbonyl (C=O) groups is 1. The molecule has 2 aromatic carbocycles. The lowest BCUT2D eigenvalue weighted by molar-refractivity contribution is -0.137. The SMILES string of the molecule is CC(C)[Si](C(C)C)(C(C)C)C(C(=O)O)c1cc(I)c(Oc2cc(I)c(OCC3CO3)c(I)c2)c(I)c1. The summed E-state index contributed by atoms with van der Waals surface area (Å²) in [6, 6.07) is 7.99. The zero-order valence-corrected chi connectivity index (χ0v) is 30.8. The highest BCUT2D eigenvalue weighted by atomic mass is 127. The molecule has 1 N–H and O–H groups in total. The first-order chi connectivity index (χ1) is 16.8. The highest BCUT2D eigenvalue weighted by Crippen LogP contribution is 2.51. The smallest absolute Gasteiger partial charge is 0.308 e. The highest BCUT2D eigenvalue weighted by molar-refractivity contribution is 14.1. The first-order valence-corrected chi connectivity index (χ1v) is 18.6. The van der Waals surface area contributed by atoms with Gasteiger partial charge < -0.3 is 19.3 Å². The van der Waals surface area contributed by atoms with Crippen LogP contribution >= 0.6 is 90.4 Å². The number of hydrogen-bond donors (Lipinski definition) is 1. The molecule has 0 aromatic heterocycles. The topological polar surface area (TPSA) is 68.3 Å². The van der Waals surface area contributed by atoms with E-state index in [9.17, 15) is 9.90 Å². The van der Waals surface area contributed by atoms with Gasteiger partial charge in [-0.15, -0.1) is 0 Å². The monoisotopic (exact) mass is 960 g/mol. The third-order valence-corrected chi connectivity index (χ3v) is 17.9. The Labute approximate surface area is 269 Å². The van der Waals surface area contributed by atoms with Crippen LogP contribution in [0.25, 0.3) is 0 Å². The maximum atomic E-state index is 12.8. The summed E-state index contributed by atoms with van der Waals surface area (Å²) in [7, 11) is -2.30. The van der Waals surface area contributed by atoms with Gasteiger partial charge in [0.25, 0.3) is 0 Å².